The van der Waals surface area contributed by atoms with E-state index in [-0.39, 0.29) is 40.3 Å². The molecule has 0 radical (unpaired) electrons. The predicted octanol–water partition coefficient (Wildman–Crippen LogP) is 3.00. The second kappa shape index (κ2) is 10.4. The molecule has 0 aliphatic rings. The summed E-state index contributed by atoms with van der Waals surface area (Å²) in [5, 5.41) is 17.4. The number of hydrogen-bond acceptors (Lipinski definition) is 9. The number of aromatic nitrogens is 5. The molecular weight excluding hydrogens is 503 g/mol. The van der Waals surface area contributed by atoms with E-state index in [9.17, 15) is 17.9 Å². The lowest BCUT2D eigenvalue weighted by Crippen LogP contribution is -2.33. The summed E-state index contributed by atoms with van der Waals surface area (Å²) in [4.78, 5) is 8.37. The summed E-state index contributed by atoms with van der Waals surface area (Å²) in [7, 11) is -1.53. The number of benzene rings is 1. The molecule has 0 unspecified atom stereocenters. The fourth-order valence-corrected chi connectivity index (χ4v) is 4.73. The summed E-state index contributed by atoms with van der Waals surface area (Å²) in [5.74, 6) is -1.16. The van der Waals surface area contributed by atoms with Gasteiger partial charge in [0.05, 0.1) is 7.11 Å². The molecule has 2 N–H and O–H groups in total. The van der Waals surface area contributed by atoms with Crippen molar-refractivity contribution in [1.82, 2.24) is 24.7 Å². The van der Waals surface area contributed by atoms with Crippen LogP contribution in [0.4, 0.5) is 10.3 Å². The monoisotopic (exact) mass is 526 g/mol. The van der Waals surface area contributed by atoms with Crippen LogP contribution in [-0.2, 0) is 14.8 Å². The number of nitrogens with zero attached hydrogens (tertiary/aromatic N) is 5. The van der Waals surface area contributed by atoms with Gasteiger partial charge >= 0.3 is 0 Å². The highest BCUT2D eigenvalue weighted by Crippen LogP contribution is 2.37. The molecule has 4 rings (SSSR count). The minimum absolute atomic E-state index is 0.0165. The maximum Gasteiger partial charge on any atom is 0.243 e. The minimum atomic E-state index is -4.24. The van der Waals surface area contributed by atoms with Crippen molar-refractivity contribution in [3.8, 4) is 28.6 Å². The van der Waals surface area contributed by atoms with Crippen LogP contribution in [0.5, 0.6) is 11.5 Å². The number of aromatic hydroxyl groups is 1. The molecule has 0 spiro atoms. The van der Waals surface area contributed by atoms with Crippen molar-refractivity contribution in [2.45, 2.75) is 25.2 Å². The predicted molar refractivity (Wildman–Crippen MR) is 131 cm³/mol. The van der Waals surface area contributed by atoms with Gasteiger partial charge in [-0.2, -0.15) is 0 Å². The Bertz CT molecular complexity index is 1510. The lowest BCUT2D eigenvalue weighted by atomic mass is 10.2. The van der Waals surface area contributed by atoms with Gasteiger partial charge in [0.2, 0.25) is 16.0 Å². The van der Waals surface area contributed by atoms with Crippen molar-refractivity contribution in [1.29, 1.82) is 0 Å². The first kappa shape index (κ1) is 25.8. The summed E-state index contributed by atoms with van der Waals surface area (Å²) < 4.78 is 55.9. The van der Waals surface area contributed by atoms with Gasteiger partial charge in [-0.3, -0.25) is 9.29 Å². The molecule has 11 nitrogen and oxygen atoms in total. The third-order valence-electron chi connectivity index (χ3n) is 5.52. The topological polar surface area (TPSA) is 141 Å². The van der Waals surface area contributed by atoms with Crippen molar-refractivity contribution in [3.63, 3.8) is 0 Å². The van der Waals surface area contributed by atoms with E-state index in [4.69, 9.17) is 9.47 Å². The smallest absolute Gasteiger partial charge is 0.243 e. The van der Waals surface area contributed by atoms with E-state index in [0.29, 0.717) is 0 Å². The number of aryl methyl sites for hydroxylation is 1. The van der Waals surface area contributed by atoms with Crippen molar-refractivity contribution in [3.05, 3.63) is 72.1 Å². The zero-order valence-corrected chi connectivity index (χ0v) is 21.1. The summed E-state index contributed by atoms with van der Waals surface area (Å²) in [6.07, 6.45) is 2.08. The molecule has 37 heavy (non-hydrogen) atoms. The Morgan fingerprint density at radius 3 is 2.54 bits per heavy atom. The third-order valence-corrected chi connectivity index (χ3v) is 7.21. The summed E-state index contributed by atoms with van der Waals surface area (Å²) in [6.45, 7) is 3.22. The van der Waals surface area contributed by atoms with E-state index >= 15 is 0 Å². The normalized spacial score (nSPS) is 13.0. The maximum atomic E-state index is 14.7. The fourth-order valence-electron chi connectivity index (χ4n) is 3.60. The first-order chi connectivity index (χ1) is 17.7. The third kappa shape index (κ3) is 5.02. The molecule has 2 heterocycles. The Morgan fingerprint density at radius 2 is 1.89 bits per heavy atom. The largest absolute Gasteiger partial charge is 0.506 e. The number of sulfonamides is 1. The Morgan fingerprint density at radius 1 is 1.16 bits per heavy atom. The first-order valence-electron chi connectivity index (χ1n) is 10.9. The number of para-hydroxylation sites is 1. The van der Waals surface area contributed by atoms with Crippen LogP contribution >= 0.6 is 0 Å². The first-order valence-corrected chi connectivity index (χ1v) is 12.5. The Balaban J connectivity index is 1.83. The average Bonchev–Trinajstić information content (AvgIpc) is 3.27. The van der Waals surface area contributed by atoms with E-state index in [1.54, 1.807) is 19.3 Å². The molecule has 13 heteroatoms. The lowest BCUT2D eigenvalue weighted by molar-refractivity contribution is 0.0949. The van der Waals surface area contributed by atoms with E-state index in [1.807, 2.05) is 0 Å². The van der Waals surface area contributed by atoms with Gasteiger partial charge in [0, 0.05) is 19.5 Å². The number of phenols is 1. The van der Waals surface area contributed by atoms with E-state index < -0.39 is 27.2 Å². The van der Waals surface area contributed by atoms with Gasteiger partial charge in [-0.25, -0.2) is 22.8 Å². The van der Waals surface area contributed by atoms with Gasteiger partial charge in [0.1, 0.15) is 39.9 Å². The van der Waals surface area contributed by atoms with Crippen LogP contribution in [0, 0.1) is 24.9 Å². The zero-order valence-electron chi connectivity index (χ0n) is 20.3. The standard InChI is InChI=1S/C24H23FN6O5S/c1-14-12-26-22(27-13-14)21(36-4)15(2)37(33,34)30-24-29-28-23(16-8-5-6-9-17(16)25)31(24)20-18(32)10-7-11-19(20)35-3/h6-7,9-13,15,21,32H,1-4H3,(H,29,30)/t15-,21-/m0/s1. The van der Waals surface area contributed by atoms with Crippen LogP contribution in [0.1, 0.15) is 24.4 Å². The zero-order chi connectivity index (χ0) is 26.7. The maximum absolute atomic E-state index is 14.7. The fraction of sp³-hybridized carbons (Fsp3) is 0.250. The molecule has 0 saturated carbocycles. The molecule has 0 bridgehead atoms. The number of anilines is 1. The Labute approximate surface area is 213 Å². The van der Waals surface area contributed by atoms with Crippen molar-refractivity contribution >= 4 is 16.0 Å². The quantitative estimate of drug-likeness (QED) is 0.337. The molecule has 0 saturated heterocycles. The number of halogens is 1. The molecule has 0 aliphatic heterocycles. The molecule has 0 aliphatic carbocycles. The molecule has 2 atom stereocenters. The number of rotatable bonds is 9. The van der Waals surface area contributed by atoms with Gasteiger partial charge in [-0.15, -0.1) is 10.2 Å². The van der Waals surface area contributed by atoms with Crippen molar-refractivity contribution < 1.29 is 27.4 Å². The second-order valence-electron chi connectivity index (χ2n) is 7.96. The number of hydrogen-bond donors (Lipinski definition) is 2. The SMILES string of the molecule is COc1cccc(O)c1-n1c(NS(=O)(=O)[C@@H](C)[C@H](OC)c2ncc(C)cn2)nnc1-c1c#cccc1F. The number of methoxy groups -OCH3 is 2. The molecule has 192 valence electrons. The molecule has 0 fully saturated rings. The molecule has 2 aromatic carbocycles. The van der Waals surface area contributed by atoms with Gasteiger partial charge < -0.3 is 14.6 Å². The van der Waals surface area contributed by atoms with Crippen LogP contribution in [-0.4, -0.2) is 57.7 Å². The minimum Gasteiger partial charge on any atom is -0.506 e. The van der Waals surface area contributed by atoms with Crippen LogP contribution < -0.4 is 9.46 Å². The number of phenolic OH excluding ortho intramolecular Hbond substituents is 1. The van der Waals surface area contributed by atoms with E-state index in [0.717, 1.165) is 16.2 Å². The highest BCUT2D eigenvalue weighted by molar-refractivity contribution is 7.93. The van der Waals surface area contributed by atoms with Crippen LogP contribution in [0.25, 0.3) is 17.1 Å². The Kier molecular flexibility index (Phi) is 7.23. The number of nitrogens with one attached hydrogen (secondary N) is 1. The summed E-state index contributed by atoms with van der Waals surface area (Å²) >= 11 is 0. The van der Waals surface area contributed by atoms with Crippen molar-refractivity contribution in [2.24, 2.45) is 0 Å². The Hall–Kier alpha value is -4.28. The van der Waals surface area contributed by atoms with E-state index in [1.165, 1.54) is 45.4 Å². The van der Waals surface area contributed by atoms with Gasteiger partial charge in [0.15, 0.2) is 11.6 Å². The van der Waals surface area contributed by atoms with Gasteiger partial charge in [0.25, 0.3) is 0 Å². The highest BCUT2D eigenvalue weighted by Gasteiger charge is 2.35. The number of ether oxygens (including phenoxy) is 2. The molecule has 4 aromatic rings. The van der Waals surface area contributed by atoms with Gasteiger partial charge in [-0.05, 0) is 43.7 Å². The summed E-state index contributed by atoms with van der Waals surface area (Å²) in [5.41, 5.74) is 0.630. The molecular formula is C24H23FN6O5S. The highest BCUT2D eigenvalue weighted by atomic mass is 32.2. The second-order valence-corrected chi connectivity index (χ2v) is 10.0. The summed E-state index contributed by atoms with van der Waals surface area (Å²) in [6, 6.07) is 12.1. The van der Waals surface area contributed by atoms with Crippen LogP contribution in [0.15, 0.2) is 42.7 Å². The molecule has 2 aromatic heterocycles. The van der Waals surface area contributed by atoms with Gasteiger partial charge in [-0.1, -0.05) is 18.2 Å². The van der Waals surface area contributed by atoms with Crippen LogP contribution in [0.2, 0.25) is 0 Å². The van der Waals surface area contributed by atoms with E-state index in [2.05, 4.69) is 37.0 Å². The average molecular weight is 527 g/mol. The van der Waals surface area contributed by atoms with Crippen LogP contribution in [0.3, 0.4) is 0 Å². The van der Waals surface area contributed by atoms with Crippen molar-refractivity contribution in [2.75, 3.05) is 18.9 Å². The molecule has 0 amide bonds. The lowest BCUT2D eigenvalue weighted by Gasteiger charge is -2.22.